The van der Waals surface area contributed by atoms with Crippen LogP contribution in [0.1, 0.15) is 55.4 Å². The highest BCUT2D eigenvalue weighted by Gasteiger charge is 2.26. The highest BCUT2D eigenvalue weighted by Crippen LogP contribution is 2.22. The normalized spacial score (nSPS) is 12.0. The van der Waals surface area contributed by atoms with Gasteiger partial charge in [-0.1, -0.05) is 79.1 Å². The zero-order chi connectivity index (χ0) is 15.0. The van der Waals surface area contributed by atoms with E-state index in [1.54, 1.807) is 0 Å². The molecule has 0 aliphatic carbocycles. The van der Waals surface area contributed by atoms with E-state index in [0.717, 1.165) is 23.7 Å². The molecule has 0 aliphatic rings. The van der Waals surface area contributed by atoms with Gasteiger partial charge in [0.25, 0.3) is 13.8 Å². The second-order valence-electron chi connectivity index (χ2n) is 7.90. The molecule has 0 aromatic carbocycles. The Labute approximate surface area is 123 Å². The Hall–Kier alpha value is 0.0899. The van der Waals surface area contributed by atoms with Crippen LogP contribution in [-0.4, -0.2) is 13.8 Å². The quantitative estimate of drug-likeness (QED) is 0.467. The molecule has 0 bridgehead atoms. The molecule has 0 aliphatic heterocycles. The van der Waals surface area contributed by atoms with Crippen LogP contribution in [0.15, 0.2) is 0 Å². The maximum absolute atomic E-state index is 6.49. The van der Waals surface area contributed by atoms with Crippen LogP contribution < -0.4 is 0 Å². The third-order valence-electron chi connectivity index (χ3n) is 3.32. The Balaban J connectivity index is 4.51. The van der Waals surface area contributed by atoms with Gasteiger partial charge in [0, 0.05) is 0 Å². The monoisotopic (exact) mass is 266 g/mol. The van der Waals surface area contributed by atoms with Crippen LogP contribution in [0.4, 0.5) is 0 Å². The highest BCUT2D eigenvalue weighted by molar-refractivity contribution is 6.66. The summed E-state index contributed by atoms with van der Waals surface area (Å²) in [6.45, 7) is 19.3. The molecule has 0 radical (unpaired) electrons. The molecule has 112 valence electrons. The minimum absolute atomic E-state index is 0.447. The summed E-state index contributed by atoms with van der Waals surface area (Å²) in [5.74, 6) is 2.90. The molecule has 3 heteroatoms. The van der Waals surface area contributed by atoms with Crippen molar-refractivity contribution in [2.45, 2.75) is 80.7 Å². The van der Waals surface area contributed by atoms with Crippen LogP contribution >= 0.6 is 0 Å². The second kappa shape index (κ2) is 9.91. The van der Waals surface area contributed by atoms with Crippen molar-refractivity contribution >= 4 is 13.8 Å². The molecule has 0 aromatic rings. The van der Waals surface area contributed by atoms with Crippen LogP contribution in [-0.2, 0) is 4.57 Å². The predicted molar refractivity (Wildman–Crippen MR) is 91.2 cm³/mol. The van der Waals surface area contributed by atoms with E-state index >= 15 is 0 Å². The minimum atomic E-state index is 0.447. The summed E-state index contributed by atoms with van der Waals surface area (Å²) in [5.41, 5.74) is 0. The molecule has 0 aromatic heterocycles. The standard InChI is InChI=1S/C16H36B2O/c1-13(2)9-17(10-14(3)4)19-18(11-15(5)6)12-16(7)8/h13-16H,9-12H2,1-8H3. The third-order valence-corrected chi connectivity index (χ3v) is 3.32. The van der Waals surface area contributed by atoms with Gasteiger partial charge in [-0.3, -0.25) is 0 Å². The molecule has 0 amide bonds. The average Bonchev–Trinajstić information content (AvgIpc) is 2.11. The molecule has 0 saturated carbocycles. The van der Waals surface area contributed by atoms with Crippen LogP contribution in [0.5, 0.6) is 0 Å². The first-order valence-corrected chi connectivity index (χ1v) is 8.36. The van der Waals surface area contributed by atoms with Gasteiger partial charge in [-0.2, -0.15) is 0 Å². The van der Waals surface area contributed by atoms with Gasteiger partial charge in [-0.25, -0.2) is 0 Å². The van der Waals surface area contributed by atoms with E-state index in [2.05, 4.69) is 55.4 Å². The molecule has 0 unspecified atom stereocenters. The van der Waals surface area contributed by atoms with Crippen molar-refractivity contribution in [2.24, 2.45) is 23.7 Å². The summed E-state index contributed by atoms with van der Waals surface area (Å²) in [5, 5.41) is 0. The maximum Gasteiger partial charge on any atom is 0.276 e. The van der Waals surface area contributed by atoms with Crippen LogP contribution in [0.3, 0.4) is 0 Å². The smallest absolute Gasteiger partial charge is 0.276 e. The molecule has 0 atom stereocenters. The minimum Gasteiger partial charge on any atom is -0.498 e. The van der Waals surface area contributed by atoms with Crippen LogP contribution in [0.25, 0.3) is 0 Å². The SMILES string of the molecule is CC(C)CB(CC(C)C)OB(CC(C)C)CC(C)C. The first-order valence-electron chi connectivity index (χ1n) is 8.36. The van der Waals surface area contributed by atoms with E-state index in [-0.39, 0.29) is 0 Å². The largest absolute Gasteiger partial charge is 0.498 e. The van der Waals surface area contributed by atoms with Crippen molar-refractivity contribution < 1.29 is 4.57 Å². The Morgan fingerprint density at radius 2 is 0.737 bits per heavy atom. The van der Waals surface area contributed by atoms with Crippen LogP contribution in [0.2, 0.25) is 25.3 Å². The lowest BCUT2D eigenvalue weighted by molar-refractivity contribution is 0.506. The Bertz CT molecular complexity index is 173. The lowest BCUT2D eigenvalue weighted by Gasteiger charge is -2.25. The van der Waals surface area contributed by atoms with E-state index in [1.165, 1.54) is 25.3 Å². The first kappa shape index (κ1) is 19.1. The van der Waals surface area contributed by atoms with Gasteiger partial charge in [-0.15, -0.1) is 0 Å². The average molecular weight is 266 g/mol. The zero-order valence-electron chi connectivity index (χ0n) is 14.7. The van der Waals surface area contributed by atoms with Gasteiger partial charge in [-0.05, 0) is 25.3 Å². The van der Waals surface area contributed by atoms with E-state index in [0.29, 0.717) is 13.8 Å². The predicted octanol–water partition coefficient (Wildman–Crippen LogP) is 5.61. The van der Waals surface area contributed by atoms with Crippen molar-refractivity contribution in [3.63, 3.8) is 0 Å². The fourth-order valence-electron chi connectivity index (χ4n) is 2.79. The van der Waals surface area contributed by atoms with Gasteiger partial charge in [0.2, 0.25) is 0 Å². The Morgan fingerprint density at radius 3 is 0.895 bits per heavy atom. The van der Waals surface area contributed by atoms with E-state index < -0.39 is 0 Å². The molecule has 1 nitrogen and oxygen atoms in total. The van der Waals surface area contributed by atoms with Crippen molar-refractivity contribution in [1.29, 1.82) is 0 Å². The lowest BCUT2D eigenvalue weighted by Crippen LogP contribution is -2.33. The summed E-state index contributed by atoms with van der Waals surface area (Å²) in [7, 11) is 0. The first-order chi connectivity index (χ1) is 8.70. The fourth-order valence-corrected chi connectivity index (χ4v) is 2.79. The molecule has 0 heterocycles. The lowest BCUT2D eigenvalue weighted by atomic mass is 9.48. The summed E-state index contributed by atoms with van der Waals surface area (Å²) in [6.07, 6.45) is 4.80. The van der Waals surface area contributed by atoms with Gasteiger partial charge < -0.3 is 4.57 Å². The van der Waals surface area contributed by atoms with E-state index in [1.807, 2.05) is 0 Å². The van der Waals surface area contributed by atoms with E-state index in [9.17, 15) is 0 Å². The second-order valence-corrected chi connectivity index (χ2v) is 7.90. The topological polar surface area (TPSA) is 9.23 Å². The molecule has 0 fully saturated rings. The number of rotatable bonds is 10. The maximum atomic E-state index is 6.49. The zero-order valence-corrected chi connectivity index (χ0v) is 14.7. The molecule has 0 saturated heterocycles. The van der Waals surface area contributed by atoms with Crippen molar-refractivity contribution in [3.8, 4) is 0 Å². The van der Waals surface area contributed by atoms with Crippen molar-refractivity contribution in [3.05, 3.63) is 0 Å². The van der Waals surface area contributed by atoms with Gasteiger partial charge in [0.05, 0.1) is 0 Å². The Morgan fingerprint density at radius 1 is 0.526 bits per heavy atom. The number of hydrogen-bond donors (Lipinski definition) is 0. The summed E-state index contributed by atoms with van der Waals surface area (Å²) >= 11 is 0. The van der Waals surface area contributed by atoms with Crippen LogP contribution in [0, 0.1) is 23.7 Å². The Kier molecular flexibility index (Phi) is 9.96. The van der Waals surface area contributed by atoms with Crippen molar-refractivity contribution in [1.82, 2.24) is 0 Å². The van der Waals surface area contributed by atoms with Gasteiger partial charge >= 0.3 is 0 Å². The highest BCUT2D eigenvalue weighted by atomic mass is 16.4. The molecular formula is C16H36B2O. The molecular weight excluding hydrogens is 230 g/mol. The summed E-state index contributed by atoms with van der Waals surface area (Å²) in [4.78, 5) is 0. The molecule has 19 heavy (non-hydrogen) atoms. The van der Waals surface area contributed by atoms with Gasteiger partial charge in [0.1, 0.15) is 0 Å². The van der Waals surface area contributed by atoms with E-state index in [4.69, 9.17) is 4.57 Å². The summed E-state index contributed by atoms with van der Waals surface area (Å²) < 4.78 is 6.49. The third kappa shape index (κ3) is 11.6. The molecule has 0 rings (SSSR count). The summed E-state index contributed by atoms with van der Waals surface area (Å²) in [6, 6.07) is 0. The van der Waals surface area contributed by atoms with Gasteiger partial charge in [0.15, 0.2) is 0 Å². The van der Waals surface area contributed by atoms with Crippen molar-refractivity contribution in [2.75, 3.05) is 0 Å². The molecule has 0 N–H and O–H groups in total. The molecule has 0 spiro atoms. The fraction of sp³-hybridized carbons (Fsp3) is 1.00. The number of hydrogen-bond acceptors (Lipinski definition) is 1.